The molecule has 1 unspecified atom stereocenters. The first-order valence-electron chi connectivity index (χ1n) is 6.98. The summed E-state index contributed by atoms with van der Waals surface area (Å²) in [4.78, 5) is 2.41. The SMILES string of the molecule is CN1CCNC(Cc2ccc3c(c2)CCCO3)C1. The van der Waals surface area contributed by atoms with Gasteiger partial charge in [0.2, 0.25) is 0 Å². The van der Waals surface area contributed by atoms with Gasteiger partial charge in [0.15, 0.2) is 0 Å². The van der Waals surface area contributed by atoms with Crippen LogP contribution in [0.2, 0.25) is 0 Å². The van der Waals surface area contributed by atoms with Gasteiger partial charge < -0.3 is 15.0 Å². The van der Waals surface area contributed by atoms with Crippen molar-refractivity contribution in [2.75, 3.05) is 33.3 Å². The van der Waals surface area contributed by atoms with Crippen molar-refractivity contribution in [2.24, 2.45) is 0 Å². The van der Waals surface area contributed by atoms with E-state index in [-0.39, 0.29) is 0 Å². The van der Waals surface area contributed by atoms with Crippen molar-refractivity contribution < 1.29 is 4.74 Å². The zero-order valence-corrected chi connectivity index (χ0v) is 11.1. The molecule has 1 atom stereocenters. The maximum absolute atomic E-state index is 5.66. The van der Waals surface area contributed by atoms with Crippen LogP contribution in [0.5, 0.6) is 5.75 Å². The molecule has 0 bridgehead atoms. The molecule has 0 aliphatic carbocycles. The lowest BCUT2D eigenvalue weighted by atomic mass is 9.98. The Balaban J connectivity index is 1.69. The van der Waals surface area contributed by atoms with Crippen LogP contribution in [0.1, 0.15) is 17.5 Å². The van der Waals surface area contributed by atoms with Crippen LogP contribution in [-0.4, -0.2) is 44.2 Å². The number of aryl methyl sites for hydroxylation is 1. The summed E-state index contributed by atoms with van der Waals surface area (Å²) in [5.41, 5.74) is 2.83. The molecule has 0 radical (unpaired) electrons. The molecule has 3 heteroatoms. The number of ether oxygens (including phenoxy) is 1. The van der Waals surface area contributed by atoms with Gasteiger partial charge in [0, 0.05) is 25.7 Å². The van der Waals surface area contributed by atoms with Crippen molar-refractivity contribution in [3.63, 3.8) is 0 Å². The normalized spacial score (nSPS) is 24.4. The highest BCUT2D eigenvalue weighted by molar-refractivity contribution is 5.38. The van der Waals surface area contributed by atoms with Gasteiger partial charge in [0.25, 0.3) is 0 Å². The Bertz CT molecular complexity index is 419. The number of likely N-dealkylation sites (N-methyl/N-ethyl adjacent to an activating group) is 1. The second kappa shape index (κ2) is 5.29. The first kappa shape index (κ1) is 12.0. The second-order valence-corrected chi connectivity index (χ2v) is 5.51. The second-order valence-electron chi connectivity index (χ2n) is 5.51. The van der Waals surface area contributed by atoms with Crippen molar-refractivity contribution in [3.8, 4) is 5.75 Å². The molecule has 2 aliphatic rings. The fraction of sp³-hybridized carbons (Fsp3) is 0.600. The van der Waals surface area contributed by atoms with Gasteiger partial charge >= 0.3 is 0 Å². The number of hydrogen-bond donors (Lipinski definition) is 1. The summed E-state index contributed by atoms with van der Waals surface area (Å²) in [6, 6.07) is 7.30. The smallest absolute Gasteiger partial charge is 0.122 e. The van der Waals surface area contributed by atoms with Gasteiger partial charge in [-0.3, -0.25) is 0 Å². The van der Waals surface area contributed by atoms with E-state index < -0.39 is 0 Å². The molecule has 2 heterocycles. The molecule has 0 aromatic heterocycles. The fourth-order valence-corrected chi connectivity index (χ4v) is 2.95. The molecule has 1 aromatic rings. The van der Waals surface area contributed by atoms with Crippen molar-refractivity contribution in [1.82, 2.24) is 10.2 Å². The van der Waals surface area contributed by atoms with E-state index in [1.165, 1.54) is 17.5 Å². The number of nitrogens with one attached hydrogen (secondary N) is 1. The predicted octanol–water partition coefficient (Wildman–Crippen LogP) is 1.46. The lowest BCUT2D eigenvalue weighted by Crippen LogP contribution is -2.49. The zero-order chi connectivity index (χ0) is 12.4. The van der Waals surface area contributed by atoms with Gasteiger partial charge in [0.05, 0.1) is 6.61 Å². The highest BCUT2D eigenvalue weighted by Crippen LogP contribution is 2.26. The highest BCUT2D eigenvalue weighted by atomic mass is 16.5. The third-order valence-corrected chi connectivity index (χ3v) is 3.91. The van der Waals surface area contributed by atoms with Crippen LogP contribution in [0.4, 0.5) is 0 Å². The van der Waals surface area contributed by atoms with Crippen LogP contribution in [-0.2, 0) is 12.8 Å². The zero-order valence-electron chi connectivity index (χ0n) is 11.1. The van der Waals surface area contributed by atoms with E-state index in [2.05, 4.69) is 35.5 Å². The molecule has 2 aliphatic heterocycles. The Morgan fingerprint density at radius 3 is 3.28 bits per heavy atom. The van der Waals surface area contributed by atoms with E-state index in [0.717, 1.165) is 44.8 Å². The summed E-state index contributed by atoms with van der Waals surface area (Å²) in [5.74, 6) is 1.10. The molecule has 1 N–H and O–H groups in total. The average molecular weight is 246 g/mol. The Morgan fingerprint density at radius 1 is 1.44 bits per heavy atom. The standard InChI is InChI=1S/C15H22N2O/c1-17-7-6-16-14(11-17)10-12-4-5-15-13(9-12)3-2-8-18-15/h4-5,9,14,16H,2-3,6-8,10-11H2,1H3. The third-order valence-electron chi connectivity index (χ3n) is 3.91. The highest BCUT2D eigenvalue weighted by Gasteiger charge is 2.17. The van der Waals surface area contributed by atoms with Crippen LogP contribution >= 0.6 is 0 Å². The molecule has 0 saturated carbocycles. The van der Waals surface area contributed by atoms with Crippen LogP contribution in [0, 0.1) is 0 Å². The van der Waals surface area contributed by atoms with Gasteiger partial charge in [-0.15, -0.1) is 0 Å². The van der Waals surface area contributed by atoms with Crippen molar-refractivity contribution >= 4 is 0 Å². The van der Waals surface area contributed by atoms with Gasteiger partial charge in [-0.25, -0.2) is 0 Å². The van der Waals surface area contributed by atoms with E-state index in [4.69, 9.17) is 4.74 Å². The molecule has 1 fully saturated rings. The summed E-state index contributed by atoms with van der Waals surface area (Å²) in [7, 11) is 2.20. The number of fused-ring (bicyclic) bond motifs is 1. The molecule has 1 saturated heterocycles. The van der Waals surface area contributed by atoms with Crippen LogP contribution in [0.3, 0.4) is 0 Å². The quantitative estimate of drug-likeness (QED) is 0.855. The summed E-state index contributed by atoms with van der Waals surface area (Å²) < 4.78 is 5.66. The molecule has 0 spiro atoms. The minimum Gasteiger partial charge on any atom is -0.493 e. The van der Waals surface area contributed by atoms with Crippen LogP contribution in [0.25, 0.3) is 0 Å². The number of nitrogens with zero attached hydrogens (tertiary/aromatic N) is 1. The van der Waals surface area contributed by atoms with E-state index in [0.29, 0.717) is 6.04 Å². The molecular weight excluding hydrogens is 224 g/mol. The number of rotatable bonds is 2. The summed E-state index contributed by atoms with van der Waals surface area (Å²) in [6.07, 6.45) is 3.44. The first-order valence-corrected chi connectivity index (χ1v) is 6.98. The Kier molecular flexibility index (Phi) is 3.52. The lowest BCUT2D eigenvalue weighted by molar-refractivity contribution is 0.238. The van der Waals surface area contributed by atoms with Gasteiger partial charge in [-0.05, 0) is 43.5 Å². The maximum atomic E-state index is 5.66. The average Bonchev–Trinajstić information content (AvgIpc) is 2.39. The Hall–Kier alpha value is -1.06. The van der Waals surface area contributed by atoms with Crippen LogP contribution < -0.4 is 10.1 Å². The largest absolute Gasteiger partial charge is 0.493 e. The van der Waals surface area contributed by atoms with Crippen molar-refractivity contribution in [3.05, 3.63) is 29.3 Å². The summed E-state index contributed by atoms with van der Waals surface area (Å²) in [6.45, 7) is 4.29. The molecule has 98 valence electrons. The van der Waals surface area contributed by atoms with E-state index in [9.17, 15) is 0 Å². The molecule has 3 nitrogen and oxygen atoms in total. The van der Waals surface area contributed by atoms with Gasteiger partial charge in [-0.2, -0.15) is 0 Å². The van der Waals surface area contributed by atoms with E-state index in [1.807, 2.05) is 0 Å². The lowest BCUT2D eigenvalue weighted by Gasteiger charge is -2.31. The summed E-state index contributed by atoms with van der Waals surface area (Å²) in [5, 5.41) is 3.61. The fourth-order valence-electron chi connectivity index (χ4n) is 2.95. The minimum atomic E-state index is 0.589. The molecule has 0 amide bonds. The molecule has 1 aromatic carbocycles. The molecule has 3 rings (SSSR count). The van der Waals surface area contributed by atoms with Gasteiger partial charge in [0.1, 0.15) is 5.75 Å². The monoisotopic (exact) mass is 246 g/mol. The molecule has 18 heavy (non-hydrogen) atoms. The van der Waals surface area contributed by atoms with E-state index >= 15 is 0 Å². The Labute approximate surface area is 109 Å². The molecular formula is C15H22N2O. The third kappa shape index (κ3) is 2.68. The maximum Gasteiger partial charge on any atom is 0.122 e. The van der Waals surface area contributed by atoms with Crippen molar-refractivity contribution in [1.29, 1.82) is 0 Å². The van der Waals surface area contributed by atoms with Crippen molar-refractivity contribution in [2.45, 2.75) is 25.3 Å². The topological polar surface area (TPSA) is 24.5 Å². The summed E-state index contributed by atoms with van der Waals surface area (Å²) >= 11 is 0. The van der Waals surface area contributed by atoms with E-state index in [1.54, 1.807) is 0 Å². The number of piperazine rings is 1. The first-order chi connectivity index (χ1) is 8.81. The Morgan fingerprint density at radius 2 is 2.39 bits per heavy atom. The van der Waals surface area contributed by atoms with Crippen LogP contribution in [0.15, 0.2) is 18.2 Å². The number of hydrogen-bond acceptors (Lipinski definition) is 3. The van der Waals surface area contributed by atoms with Gasteiger partial charge in [-0.1, -0.05) is 12.1 Å². The minimum absolute atomic E-state index is 0.589. The predicted molar refractivity (Wildman–Crippen MR) is 73.2 cm³/mol. The number of benzene rings is 1.